The van der Waals surface area contributed by atoms with E-state index in [0.717, 1.165) is 18.4 Å². The Morgan fingerprint density at radius 2 is 1.75 bits per heavy atom. The van der Waals surface area contributed by atoms with E-state index in [1.807, 2.05) is 29.2 Å². The molecule has 3 heterocycles. The third kappa shape index (κ3) is 2.56. The van der Waals surface area contributed by atoms with Gasteiger partial charge in [0.25, 0.3) is 5.91 Å². The summed E-state index contributed by atoms with van der Waals surface area (Å²) in [4.78, 5) is 23.5. The van der Waals surface area contributed by atoms with Crippen molar-refractivity contribution in [2.75, 3.05) is 6.26 Å². The molecule has 0 radical (unpaired) electrons. The number of para-hydroxylation sites is 2. The van der Waals surface area contributed by atoms with E-state index in [-0.39, 0.29) is 23.2 Å². The first-order valence-corrected chi connectivity index (χ1v) is 10.1. The number of rotatable bonds is 2. The lowest BCUT2D eigenvalue weighted by Gasteiger charge is -2.38. The summed E-state index contributed by atoms with van der Waals surface area (Å²) in [6.45, 7) is 0. The van der Waals surface area contributed by atoms with Crippen LogP contribution in [0.25, 0.3) is 11.0 Å². The minimum Gasteiger partial charge on any atom is -0.331 e. The van der Waals surface area contributed by atoms with Crippen LogP contribution < -0.4 is 0 Å². The maximum atomic E-state index is 12.9. The number of benzene rings is 1. The Hall–Kier alpha value is -2.02. The third-order valence-electron chi connectivity index (χ3n) is 5.20. The monoisotopic (exact) mass is 345 g/mol. The zero-order chi connectivity index (χ0) is 16.9. The van der Waals surface area contributed by atoms with Crippen molar-refractivity contribution in [3.05, 3.63) is 36.2 Å². The molecule has 1 aromatic heterocycles. The Kier molecular flexibility index (Phi) is 3.56. The molecule has 126 valence electrons. The lowest BCUT2D eigenvalue weighted by atomic mass is 10.0. The predicted octanol–water partition coefficient (Wildman–Crippen LogP) is 1.81. The minimum atomic E-state index is -3.06. The van der Waals surface area contributed by atoms with Crippen molar-refractivity contribution in [3.8, 4) is 0 Å². The van der Waals surface area contributed by atoms with Gasteiger partial charge < -0.3 is 4.90 Å². The number of hydrogen-bond donors (Lipinski definition) is 0. The van der Waals surface area contributed by atoms with Crippen molar-refractivity contribution in [1.29, 1.82) is 0 Å². The largest absolute Gasteiger partial charge is 0.331 e. The van der Waals surface area contributed by atoms with Crippen molar-refractivity contribution >= 4 is 26.8 Å². The molecule has 1 aromatic carbocycles. The number of fused-ring (bicyclic) bond motifs is 3. The van der Waals surface area contributed by atoms with Crippen LogP contribution >= 0.6 is 0 Å². The molecule has 2 unspecified atom stereocenters. The molecule has 2 fully saturated rings. The highest BCUT2D eigenvalue weighted by molar-refractivity contribution is 7.91. The van der Waals surface area contributed by atoms with Gasteiger partial charge in [0.1, 0.15) is 15.5 Å². The molecule has 2 aliphatic heterocycles. The number of hydrogen-bond acceptors (Lipinski definition) is 5. The lowest BCUT2D eigenvalue weighted by Crippen LogP contribution is -2.49. The molecule has 2 atom stereocenters. The summed E-state index contributed by atoms with van der Waals surface area (Å²) < 4.78 is 23.7. The van der Waals surface area contributed by atoms with Crippen LogP contribution in [0, 0.1) is 0 Å². The molecule has 2 aromatic rings. The first kappa shape index (κ1) is 15.5. The van der Waals surface area contributed by atoms with E-state index < -0.39 is 9.84 Å². The number of carbonyl (C=O) groups excluding carboxylic acids is 1. The molecule has 4 rings (SSSR count). The number of sulfone groups is 1. The van der Waals surface area contributed by atoms with Gasteiger partial charge in [-0.2, -0.15) is 0 Å². The van der Waals surface area contributed by atoms with Gasteiger partial charge >= 0.3 is 0 Å². The van der Waals surface area contributed by atoms with Crippen molar-refractivity contribution in [3.63, 3.8) is 0 Å². The second-order valence-corrected chi connectivity index (χ2v) is 9.09. The number of aromatic nitrogens is 2. The summed E-state index contributed by atoms with van der Waals surface area (Å²) in [6, 6.07) is 7.43. The topological polar surface area (TPSA) is 80.2 Å². The summed E-state index contributed by atoms with van der Waals surface area (Å²) in [6.07, 6.45) is 5.60. The quantitative estimate of drug-likeness (QED) is 0.829. The average molecular weight is 345 g/mol. The van der Waals surface area contributed by atoms with E-state index in [4.69, 9.17) is 0 Å². The van der Waals surface area contributed by atoms with E-state index in [1.54, 1.807) is 0 Å². The number of piperidine rings is 1. The van der Waals surface area contributed by atoms with Crippen LogP contribution in [0.15, 0.2) is 30.5 Å². The van der Waals surface area contributed by atoms with Gasteiger partial charge in [0, 0.05) is 18.3 Å². The Labute approximate surface area is 140 Å². The highest BCUT2D eigenvalue weighted by Gasteiger charge is 2.46. The summed E-state index contributed by atoms with van der Waals surface area (Å²) in [5.74, 6) is -0.132. The maximum Gasteiger partial charge on any atom is 0.274 e. The van der Waals surface area contributed by atoms with Gasteiger partial charge in [0.2, 0.25) is 0 Å². The minimum absolute atomic E-state index is 0.00996. The Morgan fingerprint density at radius 1 is 1.12 bits per heavy atom. The second-order valence-electron chi connectivity index (χ2n) is 6.76. The van der Waals surface area contributed by atoms with Crippen molar-refractivity contribution in [1.82, 2.24) is 14.9 Å². The van der Waals surface area contributed by atoms with Crippen molar-refractivity contribution in [2.24, 2.45) is 0 Å². The van der Waals surface area contributed by atoms with Gasteiger partial charge in [-0.1, -0.05) is 12.1 Å². The molecule has 24 heavy (non-hydrogen) atoms. The lowest BCUT2D eigenvalue weighted by molar-refractivity contribution is 0.0592. The van der Waals surface area contributed by atoms with Gasteiger partial charge in [0.05, 0.1) is 22.5 Å². The summed E-state index contributed by atoms with van der Waals surface area (Å²) in [5.41, 5.74) is 1.79. The first-order chi connectivity index (χ1) is 11.4. The fourth-order valence-corrected chi connectivity index (χ4v) is 5.14. The molecular weight excluding hydrogens is 326 g/mol. The van der Waals surface area contributed by atoms with Gasteiger partial charge in [-0.05, 0) is 37.8 Å². The normalized spacial score (nSPS) is 26.7. The smallest absolute Gasteiger partial charge is 0.274 e. The molecular formula is C17H19N3O3S. The highest BCUT2D eigenvalue weighted by atomic mass is 32.2. The zero-order valence-electron chi connectivity index (χ0n) is 13.4. The number of nitrogens with zero attached hydrogens (tertiary/aromatic N) is 3. The molecule has 0 N–H and O–H groups in total. The maximum absolute atomic E-state index is 12.9. The van der Waals surface area contributed by atoms with Gasteiger partial charge in [-0.3, -0.25) is 9.78 Å². The zero-order valence-corrected chi connectivity index (χ0v) is 14.2. The summed E-state index contributed by atoms with van der Waals surface area (Å²) in [5, 5.41) is -0.332. The Balaban J connectivity index is 1.63. The molecule has 0 saturated carbocycles. The van der Waals surface area contributed by atoms with Crippen LogP contribution in [-0.4, -0.2) is 52.8 Å². The van der Waals surface area contributed by atoms with Crippen LogP contribution in [0.3, 0.4) is 0 Å². The number of amides is 1. The SMILES string of the molecule is CS(=O)(=O)C1CC2CCC(C1)N2C(=O)c1cnc2ccccc2n1. The molecule has 1 amide bonds. The standard InChI is InChI=1S/C17H19N3O3S/c1-24(22,23)13-8-11-6-7-12(9-13)20(11)17(21)16-10-18-14-4-2-3-5-15(14)19-16/h2-5,10-13H,6-9H2,1H3. The van der Waals surface area contributed by atoms with Crippen LogP contribution in [0.1, 0.15) is 36.2 Å². The van der Waals surface area contributed by atoms with Gasteiger partial charge in [-0.25, -0.2) is 13.4 Å². The number of carbonyl (C=O) groups is 1. The Bertz CT molecular complexity index is 898. The van der Waals surface area contributed by atoms with E-state index in [2.05, 4.69) is 9.97 Å². The molecule has 0 aliphatic carbocycles. The Morgan fingerprint density at radius 3 is 2.38 bits per heavy atom. The van der Waals surface area contributed by atoms with Crippen LogP contribution in [0.2, 0.25) is 0 Å². The molecule has 6 nitrogen and oxygen atoms in total. The predicted molar refractivity (Wildman–Crippen MR) is 90.4 cm³/mol. The fourth-order valence-electron chi connectivity index (χ4n) is 4.00. The summed E-state index contributed by atoms with van der Waals surface area (Å²) in [7, 11) is -3.06. The van der Waals surface area contributed by atoms with E-state index >= 15 is 0 Å². The highest BCUT2D eigenvalue weighted by Crippen LogP contribution is 2.38. The van der Waals surface area contributed by atoms with E-state index in [9.17, 15) is 13.2 Å². The first-order valence-electron chi connectivity index (χ1n) is 8.17. The molecule has 2 bridgehead atoms. The van der Waals surface area contributed by atoms with Crippen LogP contribution in [0.5, 0.6) is 0 Å². The van der Waals surface area contributed by atoms with Crippen molar-refractivity contribution < 1.29 is 13.2 Å². The van der Waals surface area contributed by atoms with Gasteiger partial charge in [0.15, 0.2) is 0 Å². The third-order valence-corrected chi connectivity index (χ3v) is 6.79. The van der Waals surface area contributed by atoms with E-state index in [1.165, 1.54) is 12.5 Å². The summed E-state index contributed by atoms with van der Waals surface area (Å²) >= 11 is 0. The van der Waals surface area contributed by atoms with Crippen molar-refractivity contribution in [2.45, 2.75) is 43.0 Å². The van der Waals surface area contributed by atoms with Crippen LogP contribution in [0.4, 0.5) is 0 Å². The fraction of sp³-hybridized carbons (Fsp3) is 0.471. The molecule has 2 aliphatic rings. The average Bonchev–Trinajstić information content (AvgIpc) is 2.82. The molecule has 0 spiro atoms. The van der Waals surface area contributed by atoms with Gasteiger partial charge in [-0.15, -0.1) is 0 Å². The van der Waals surface area contributed by atoms with E-state index in [0.29, 0.717) is 24.1 Å². The molecule has 7 heteroatoms. The molecule has 2 saturated heterocycles. The second kappa shape index (κ2) is 5.51. The van der Waals surface area contributed by atoms with Crippen LogP contribution in [-0.2, 0) is 9.84 Å².